The Labute approximate surface area is 173 Å². The van der Waals surface area contributed by atoms with Crippen LogP contribution in [0.3, 0.4) is 0 Å². The number of rotatable bonds is 6. The smallest absolute Gasteiger partial charge is 0.414 e. The summed E-state index contributed by atoms with van der Waals surface area (Å²) in [5, 5.41) is 20.9. The van der Waals surface area contributed by atoms with Gasteiger partial charge in [0.2, 0.25) is 5.91 Å². The van der Waals surface area contributed by atoms with Crippen LogP contribution in [0.25, 0.3) is 0 Å². The van der Waals surface area contributed by atoms with Crippen molar-refractivity contribution in [2.45, 2.75) is 25.6 Å². The molecule has 2 unspecified atom stereocenters. The first-order chi connectivity index (χ1) is 14.4. The fourth-order valence-corrected chi connectivity index (χ4v) is 2.50. The van der Waals surface area contributed by atoms with Crippen LogP contribution >= 0.6 is 0 Å². The summed E-state index contributed by atoms with van der Waals surface area (Å²) in [5.74, 6) is -2.17. The van der Waals surface area contributed by atoms with E-state index < -0.39 is 11.9 Å². The van der Waals surface area contributed by atoms with Crippen molar-refractivity contribution in [1.29, 1.82) is 0 Å². The second kappa shape index (κ2) is 11.4. The number of amides is 1. The molecule has 2 atom stereocenters. The molecule has 1 heterocycles. The van der Waals surface area contributed by atoms with Crippen LogP contribution in [0.1, 0.15) is 12.5 Å². The van der Waals surface area contributed by atoms with E-state index in [1.807, 2.05) is 61.5 Å². The van der Waals surface area contributed by atoms with E-state index in [0.717, 1.165) is 17.1 Å². The Hall–Kier alpha value is -3.59. The minimum absolute atomic E-state index is 0.0315. The molecule has 0 aliphatic carbocycles. The summed E-state index contributed by atoms with van der Waals surface area (Å²) in [5.41, 5.74) is 1.08. The number of carboxylic acids is 2. The van der Waals surface area contributed by atoms with E-state index in [0.29, 0.717) is 19.7 Å². The molecule has 0 saturated heterocycles. The fourth-order valence-electron chi connectivity index (χ4n) is 2.50. The largest absolute Gasteiger partial charge is 0.486 e. The van der Waals surface area contributed by atoms with Crippen LogP contribution in [0.4, 0.5) is 0 Å². The third kappa shape index (κ3) is 7.44. The van der Waals surface area contributed by atoms with Crippen LogP contribution in [-0.4, -0.2) is 53.4 Å². The number of ether oxygens (including phenoxy) is 2. The van der Waals surface area contributed by atoms with Gasteiger partial charge >= 0.3 is 11.9 Å². The molecule has 2 aromatic rings. The number of carbonyl (C=O) groups is 3. The number of carboxylic acid groups (broad SMARTS) is 2. The van der Waals surface area contributed by atoms with Gasteiger partial charge in [0.05, 0.1) is 6.04 Å². The van der Waals surface area contributed by atoms with E-state index in [4.69, 9.17) is 29.3 Å². The van der Waals surface area contributed by atoms with Gasteiger partial charge in [0.25, 0.3) is 0 Å². The lowest BCUT2D eigenvalue weighted by molar-refractivity contribution is -0.159. The average molecular weight is 416 g/mol. The molecule has 2 aromatic carbocycles. The van der Waals surface area contributed by atoms with Gasteiger partial charge in [0.1, 0.15) is 12.7 Å². The zero-order valence-electron chi connectivity index (χ0n) is 16.4. The van der Waals surface area contributed by atoms with Crippen molar-refractivity contribution < 1.29 is 34.1 Å². The molecule has 9 heteroatoms. The fraction of sp³-hybridized carbons (Fsp3) is 0.286. The van der Waals surface area contributed by atoms with Gasteiger partial charge in [-0.15, -0.1) is 0 Å². The third-order valence-corrected chi connectivity index (χ3v) is 4.11. The molecule has 0 aromatic heterocycles. The first-order valence-electron chi connectivity index (χ1n) is 9.26. The Balaban J connectivity index is 0.000000469. The first kappa shape index (κ1) is 22.7. The van der Waals surface area contributed by atoms with E-state index >= 15 is 0 Å². The maximum atomic E-state index is 12.1. The molecule has 0 saturated carbocycles. The van der Waals surface area contributed by atoms with Crippen LogP contribution in [-0.2, 0) is 20.9 Å². The van der Waals surface area contributed by atoms with Gasteiger partial charge in [-0.2, -0.15) is 0 Å². The normalized spacial score (nSPS) is 15.2. The van der Waals surface area contributed by atoms with E-state index in [2.05, 4.69) is 10.6 Å². The molecule has 160 valence electrons. The lowest BCUT2D eigenvalue weighted by Crippen LogP contribution is -2.47. The topological polar surface area (TPSA) is 134 Å². The molecule has 1 aliphatic heterocycles. The highest BCUT2D eigenvalue weighted by atomic mass is 16.6. The number of para-hydroxylation sites is 2. The SMILES string of the molecule is CC(NCC1COc2ccccc2O1)C(=O)NCc1ccccc1.O=C(O)C(=O)O. The Morgan fingerprint density at radius 2 is 1.60 bits per heavy atom. The van der Waals surface area contributed by atoms with Crippen molar-refractivity contribution in [1.82, 2.24) is 10.6 Å². The summed E-state index contributed by atoms with van der Waals surface area (Å²) in [6, 6.07) is 17.2. The molecule has 0 bridgehead atoms. The van der Waals surface area contributed by atoms with Crippen LogP contribution in [0.5, 0.6) is 11.5 Å². The zero-order chi connectivity index (χ0) is 21.9. The molecule has 0 fully saturated rings. The van der Waals surface area contributed by atoms with Gasteiger partial charge in [-0.3, -0.25) is 4.79 Å². The molecule has 1 amide bonds. The minimum atomic E-state index is -1.82. The minimum Gasteiger partial charge on any atom is -0.486 e. The van der Waals surface area contributed by atoms with Crippen molar-refractivity contribution in [2.75, 3.05) is 13.2 Å². The number of aliphatic carboxylic acids is 2. The summed E-state index contributed by atoms with van der Waals surface area (Å²) in [7, 11) is 0. The summed E-state index contributed by atoms with van der Waals surface area (Å²) < 4.78 is 11.5. The number of fused-ring (bicyclic) bond motifs is 1. The monoisotopic (exact) mass is 416 g/mol. The number of hydrogen-bond acceptors (Lipinski definition) is 6. The average Bonchev–Trinajstić information content (AvgIpc) is 2.76. The second-order valence-corrected chi connectivity index (χ2v) is 6.44. The lowest BCUT2D eigenvalue weighted by Gasteiger charge is -2.27. The van der Waals surface area contributed by atoms with Crippen molar-refractivity contribution in [2.24, 2.45) is 0 Å². The maximum absolute atomic E-state index is 12.1. The predicted molar refractivity (Wildman–Crippen MR) is 107 cm³/mol. The summed E-state index contributed by atoms with van der Waals surface area (Å²) in [6.45, 7) is 3.40. The number of benzene rings is 2. The van der Waals surface area contributed by atoms with Gasteiger partial charge in [0, 0.05) is 13.1 Å². The summed E-state index contributed by atoms with van der Waals surface area (Å²) >= 11 is 0. The van der Waals surface area contributed by atoms with Gasteiger partial charge in [0.15, 0.2) is 11.5 Å². The Kier molecular flexibility index (Phi) is 8.64. The second-order valence-electron chi connectivity index (χ2n) is 6.44. The van der Waals surface area contributed by atoms with E-state index in [9.17, 15) is 4.79 Å². The standard InChI is InChI=1S/C19H22N2O3.C2H2O4/c1-14(19(22)21-11-15-7-3-2-4-8-15)20-12-16-13-23-17-9-5-6-10-18(17)24-16;3-1(4)2(5)6/h2-10,14,16,20H,11-13H2,1H3,(H,21,22);(H,3,4)(H,5,6). The highest BCUT2D eigenvalue weighted by Crippen LogP contribution is 2.30. The van der Waals surface area contributed by atoms with E-state index in [-0.39, 0.29) is 18.1 Å². The molecule has 4 N–H and O–H groups in total. The Bertz CT molecular complexity index is 845. The molecule has 0 spiro atoms. The van der Waals surface area contributed by atoms with Crippen LogP contribution in [0.15, 0.2) is 54.6 Å². The van der Waals surface area contributed by atoms with Crippen molar-refractivity contribution in [3.8, 4) is 11.5 Å². The molecule has 0 radical (unpaired) electrons. The molecular formula is C21H24N2O7. The quantitative estimate of drug-likeness (QED) is 0.518. The lowest BCUT2D eigenvalue weighted by atomic mass is 10.2. The van der Waals surface area contributed by atoms with Crippen LogP contribution < -0.4 is 20.1 Å². The Morgan fingerprint density at radius 1 is 1.00 bits per heavy atom. The highest BCUT2D eigenvalue weighted by molar-refractivity contribution is 6.27. The van der Waals surface area contributed by atoms with Gasteiger partial charge in [-0.1, -0.05) is 42.5 Å². The molecule has 1 aliphatic rings. The van der Waals surface area contributed by atoms with Crippen LogP contribution in [0.2, 0.25) is 0 Å². The van der Waals surface area contributed by atoms with Gasteiger partial charge < -0.3 is 30.3 Å². The van der Waals surface area contributed by atoms with Crippen molar-refractivity contribution in [3.05, 3.63) is 60.2 Å². The molecule has 9 nitrogen and oxygen atoms in total. The highest BCUT2D eigenvalue weighted by Gasteiger charge is 2.22. The van der Waals surface area contributed by atoms with Crippen LogP contribution in [0, 0.1) is 0 Å². The molecular weight excluding hydrogens is 392 g/mol. The maximum Gasteiger partial charge on any atom is 0.414 e. The number of carbonyl (C=O) groups excluding carboxylic acids is 1. The zero-order valence-corrected chi connectivity index (χ0v) is 16.4. The first-order valence-corrected chi connectivity index (χ1v) is 9.26. The number of hydrogen-bond donors (Lipinski definition) is 4. The Morgan fingerprint density at radius 3 is 2.23 bits per heavy atom. The molecule has 30 heavy (non-hydrogen) atoms. The third-order valence-electron chi connectivity index (χ3n) is 4.11. The van der Waals surface area contributed by atoms with E-state index in [1.54, 1.807) is 0 Å². The summed E-state index contributed by atoms with van der Waals surface area (Å²) in [4.78, 5) is 30.3. The van der Waals surface area contributed by atoms with Gasteiger partial charge in [-0.25, -0.2) is 9.59 Å². The van der Waals surface area contributed by atoms with Crippen molar-refractivity contribution in [3.63, 3.8) is 0 Å². The summed E-state index contributed by atoms with van der Waals surface area (Å²) in [6.07, 6.45) is -0.107. The van der Waals surface area contributed by atoms with Crippen molar-refractivity contribution >= 4 is 17.8 Å². The van der Waals surface area contributed by atoms with E-state index in [1.165, 1.54) is 0 Å². The van der Waals surface area contributed by atoms with Gasteiger partial charge in [-0.05, 0) is 24.6 Å². The number of nitrogens with one attached hydrogen (secondary N) is 2. The molecule has 3 rings (SSSR count). The predicted octanol–water partition coefficient (Wildman–Crippen LogP) is 1.28.